The first-order valence-corrected chi connectivity index (χ1v) is 8.09. The van der Waals surface area contributed by atoms with E-state index >= 15 is 0 Å². The Hall–Kier alpha value is -1.42. The van der Waals surface area contributed by atoms with Gasteiger partial charge in [0.2, 0.25) is 5.12 Å². The van der Waals surface area contributed by atoms with Crippen LogP contribution in [0.2, 0.25) is 0 Å². The minimum Gasteiger partial charge on any atom is -0.480 e. The first-order valence-electron chi connectivity index (χ1n) is 7.10. The molecule has 22 heavy (non-hydrogen) atoms. The van der Waals surface area contributed by atoms with E-state index in [1.165, 1.54) is 0 Å². The fourth-order valence-electron chi connectivity index (χ4n) is 1.74. The molecule has 2 atom stereocenters. The van der Waals surface area contributed by atoms with E-state index in [4.69, 9.17) is 16.6 Å². The predicted octanol–water partition coefficient (Wildman–Crippen LogP) is -0.679. The summed E-state index contributed by atoms with van der Waals surface area (Å²) in [6.07, 6.45) is 5.45. The minimum atomic E-state index is -1.11. The molecule has 0 spiro atoms. The van der Waals surface area contributed by atoms with Crippen LogP contribution in [0.15, 0.2) is 12.5 Å². The highest BCUT2D eigenvalue weighted by Gasteiger charge is 2.22. The fourth-order valence-corrected chi connectivity index (χ4v) is 2.60. The lowest BCUT2D eigenvalue weighted by Gasteiger charge is -2.17. The minimum absolute atomic E-state index is 0.0537. The van der Waals surface area contributed by atoms with Crippen molar-refractivity contribution in [3.63, 3.8) is 0 Å². The van der Waals surface area contributed by atoms with Crippen LogP contribution in [0, 0.1) is 0 Å². The average Bonchev–Trinajstić information content (AvgIpc) is 3.00. The SMILES string of the molecule is NCCCCN[C@@H](Cc1cnc[nH]1)C(=O)SCC(N)C(=O)O. The van der Waals surface area contributed by atoms with Crippen molar-refractivity contribution in [3.05, 3.63) is 18.2 Å². The standard InChI is InChI=1S/C13H23N5O3S/c14-3-1-2-4-17-11(5-9-6-16-8-18-9)13(21)22-7-10(15)12(19)20/h6,8,10-11,17H,1-5,7,14-15H2,(H,16,18)(H,19,20)/t10?,11-/m0/s1. The molecule has 0 saturated carbocycles. The van der Waals surface area contributed by atoms with Crippen molar-refractivity contribution in [1.82, 2.24) is 15.3 Å². The molecule has 0 radical (unpaired) electrons. The van der Waals surface area contributed by atoms with Gasteiger partial charge in [0, 0.05) is 24.1 Å². The molecule has 0 aromatic carbocycles. The zero-order valence-corrected chi connectivity index (χ0v) is 13.1. The summed E-state index contributed by atoms with van der Waals surface area (Å²) in [5, 5.41) is 11.8. The monoisotopic (exact) mass is 329 g/mol. The number of hydrogen-bond acceptors (Lipinski definition) is 7. The van der Waals surface area contributed by atoms with E-state index in [9.17, 15) is 9.59 Å². The molecule has 1 heterocycles. The molecule has 124 valence electrons. The number of carboxylic acids is 1. The molecule has 0 aliphatic heterocycles. The van der Waals surface area contributed by atoms with Crippen LogP contribution in [0.1, 0.15) is 18.5 Å². The van der Waals surface area contributed by atoms with Gasteiger partial charge in [-0.3, -0.25) is 9.59 Å². The van der Waals surface area contributed by atoms with Gasteiger partial charge < -0.3 is 26.9 Å². The third kappa shape index (κ3) is 7.03. The molecule has 1 unspecified atom stereocenters. The number of hydrogen-bond donors (Lipinski definition) is 5. The van der Waals surface area contributed by atoms with Crippen LogP contribution in [0.5, 0.6) is 0 Å². The van der Waals surface area contributed by atoms with E-state index < -0.39 is 18.1 Å². The molecule has 1 rings (SSSR count). The predicted molar refractivity (Wildman–Crippen MR) is 85.4 cm³/mol. The molecular weight excluding hydrogens is 306 g/mol. The fraction of sp³-hybridized carbons (Fsp3) is 0.615. The normalized spacial score (nSPS) is 13.7. The van der Waals surface area contributed by atoms with E-state index in [1.54, 1.807) is 12.5 Å². The molecular formula is C13H23N5O3S. The van der Waals surface area contributed by atoms with Gasteiger partial charge in [-0.05, 0) is 25.9 Å². The highest BCUT2D eigenvalue weighted by molar-refractivity contribution is 8.13. The van der Waals surface area contributed by atoms with Gasteiger partial charge in [0.25, 0.3) is 0 Å². The van der Waals surface area contributed by atoms with Gasteiger partial charge in [-0.1, -0.05) is 11.8 Å². The van der Waals surface area contributed by atoms with E-state index in [-0.39, 0.29) is 10.9 Å². The summed E-state index contributed by atoms with van der Waals surface area (Å²) in [4.78, 5) is 29.8. The number of thioether (sulfide) groups is 1. The van der Waals surface area contributed by atoms with Crippen molar-refractivity contribution in [1.29, 1.82) is 0 Å². The number of carbonyl (C=O) groups excluding carboxylic acids is 1. The van der Waals surface area contributed by atoms with Crippen LogP contribution in [-0.2, 0) is 16.0 Å². The number of aliphatic carboxylic acids is 1. The summed E-state index contributed by atoms with van der Waals surface area (Å²) in [5.41, 5.74) is 11.7. The Balaban J connectivity index is 2.51. The molecule has 8 nitrogen and oxygen atoms in total. The largest absolute Gasteiger partial charge is 0.480 e. The highest BCUT2D eigenvalue weighted by Crippen LogP contribution is 2.11. The number of carboxylic acid groups (broad SMARTS) is 1. The maximum Gasteiger partial charge on any atom is 0.321 e. The topological polar surface area (TPSA) is 147 Å². The van der Waals surface area contributed by atoms with Gasteiger partial charge in [0.15, 0.2) is 0 Å². The second kappa shape index (κ2) is 10.3. The number of rotatable bonds is 11. The summed E-state index contributed by atoms with van der Waals surface area (Å²) >= 11 is 0.940. The molecule has 0 aliphatic carbocycles. The Morgan fingerprint density at radius 3 is 2.82 bits per heavy atom. The number of aromatic nitrogens is 2. The molecule has 0 amide bonds. The Kier molecular flexibility index (Phi) is 8.75. The second-order valence-electron chi connectivity index (χ2n) is 4.86. The Morgan fingerprint density at radius 2 is 2.23 bits per heavy atom. The van der Waals surface area contributed by atoms with Crippen LogP contribution in [0.4, 0.5) is 0 Å². The second-order valence-corrected chi connectivity index (χ2v) is 5.88. The van der Waals surface area contributed by atoms with Crippen LogP contribution in [0.3, 0.4) is 0 Å². The summed E-state index contributed by atoms with van der Waals surface area (Å²) in [6, 6.07) is -1.46. The smallest absolute Gasteiger partial charge is 0.321 e. The lowest BCUT2D eigenvalue weighted by atomic mass is 10.2. The van der Waals surface area contributed by atoms with Gasteiger partial charge in [-0.25, -0.2) is 4.98 Å². The molecule has 0 saturated heterocycles. The van der Waals surface area contributed by atoms with Crippen molar-refractivity contribution in [3.8, 4) is 0 Å². The Morgan fingerprint density at radius 1 is 1.45 bits per heavy atom. The van der Waals surface area contributed by atoms with Gasteiger partial charge in [-0.2, -0.15) is 0 Å². The van der Waals surface area contributed by atoms with Crippen molar-refractivity contribution in [2.24, 2.45) is 11.5 Å². The van der Waals surface area contributed by atoms with Crippen LogP contribution in [0.25, 0.3) is 0 Å². The van der Waals surface area contributed by atoms with Gasteiger partial charge in [-0.15, -0.1) is 0 Å². The summed E-state index contributed by atoms with van der Waals surface area (Å²) in [6.45, 7) is 1.29. The van der Waals surface area contributed by atoms with Crippen molar-refractivity contribution < 1.29 is 14.7 Å². The lowest BCUT2D eigenvalue weighted by molar-refractivity contribution is -0.137. The molecule has 0 aliphatic rings. The number of imidazole rings is 1. The van der Waals surface area contributed by atoms with Crippen LogP contribution < -0.4 is 16.8 Å². The zero-order chi connectivity index (χ0) is 16.4. The average molecular weight is 329 g/mol. The number of carbonyl (C=O) groups is 2. The van der Waals surface area contributed by atoms with Gasteiger partial charge in [0.1, 0.15) is 6.04 Å². The molecule has 1 aromatic heterocycles. The van der Waals surface area contributed by atoms with Crippen LogP contribution in [-0.4, -0.2) is 57.1 Å². The first-order chi connectivity index (χ1) is 10.5. The number of H-pyrrole nitrogens is 1. The number of unbranched alkanes of at least 4 members (excludes halogenated alkanes) is 1. The van der Waals surface area contributed by atoms with Gasteiger partial charge in [0.05, 0.1) is 12.4 Å². The highest BCUT2D eigenvalue weighted by atomic mass is 32.2. The maximum atomic E-state index is 12.3. The maximum absolute atomic E-state index is 12.3. The Bertz CT molecular complexity index is 455. The number of aromatic amines is 1. The van der Waals surface area contributed by atoms with Crippen molar-refractivity contribution in [2.75, 3.05) is 18.8 Å². The number of nitrogens with zero attached hydrogens (tertiary/aromatic N) is 1. The van der Waals surface area contributed by atoms with Crippen molar-refractivity contribution in [2.45, 2.75) is 31.3 Å². The van der Waals surface area contributed by atoms with E-state index in [0.29, 0.717) is 19.5 Å². The molecule has 1 aromatic rings. The Labute approximate surface area is 133 Å². The summed E-state index contributed by atoms with van der Waals surface area (Å²) in [5.74, 6) is -1.06. The molecule has 7 N–H and O–H groups in total. The quantitative estimate of drug-likeness (QED) is 0.335. The first kappa shape index (κ1) is 18.6. The third-order valence-electron chi connectivity index (χ3n) is 3.01. The van der Waals surface area contributed by atoms with E-state index in [1.807, 2.05) is 0 Å². The third-order valence-corrected chi connectivity index (χ3v) is 4.10. The number of nitrogens with one attached hydrogen (secondary N) is 2. The summed E-state index contributed by atoms with van der Waals surface area (Å²) < 4.78 is 0. The van der Waals surface area contributed by atoms with E-state index in [0.717, 1.165) is 30.3 Å². The van der Waals surface area contributed by atoms with E-state index in [2.05, 4.69) is 15.3 Å². The lowest BCUT2D eigenvalue weighted by Crippen LogP contribution is -2.40. The zero-order valence-electron chi connectivity index (χ0n) is 12.3. The molecule has 0 bridgehead atoms. The number of nitrogens with two attached hydrogens (primary N) is 2. The molecule has 9 heteroatoms. The molecule has 0 fully saturated rings. The van der Waals surface area contributed by atoms with Crippen molar-refractivity contribution >= 4 is 22.8 Å². The summed E-state index contributed by atoms with van der Waals surface area (Å²) in [7, 11) is 0. The van der Waals surface area contributed by atoms with Gasteiger partial charge >= 0.3 is 5.97 Å². The van der Waals surface area contributed by atoms with Crippen LogP contribution >= 0.6 is 11.8 Å².